The Labute approximate surface area is 323 Å². The van der Waals surface area contributed by atoms with E-state index < -0.39 is 0 Å². The van der Waals surface area contributed by atoms with E-state index in [-0.39, 0.29) is 34.5 Å². The lowest BCUT2D eigenvalue weighted by atomic mass is 10.0. The molecule has 8 N–H and O–H groups in total. The van der Waals surface area contributed by atoms with Crippen molar-refractivity contribution in [1.82, 2.24) is 40.5 Å². The van der Waals surface area contributed by atoms with Gasteiger partial charge in [0.15, 0.2) is 0 Å². The van der Waals surface area contributed by atoms with Crippen LogP contribution in [-0.4, -0.2) is 67.9 Å². The van der Waals surface area contributed by atoms with Gasteiger partial charge in [0, 0.05) is 84.0 Å². The molecule has 10 rings (SSSR count). The topological polar surface area (TPSA) is 212 Å². The average molecular weight is 749 g/mol. The Morgan fingerprint density at radius 2 is 1.12 bits per heavy atom. The molecular formula is C42H44N12O2. The van der Waals surface area contributed by atoms with Crippen molar-refractivity contribution in [2.75, 3.05) is 48.3 Å². The lowest BCUT2D eigenvalue weighted by Crippen LogP contribution is -2.20. The highest BCUT2D eigenvalue weighted by Gasteiger charge is 2.59. The number of carbonyl (C=O) groups is 2. The third kappa shape index (κ3) is 6.64. The number of amides is 2. The van der Waals surface area contributed by atoms with E-state index >= 15 is 0 Å². The normalized spacial score (nSPS) is 23.2. The van der Waals surface area contributed by atoms with Gasteiger partial charge in [-0.3, -0.25) is 19.6 Å². The van der Waals surface area contributed by atoms with Crippen LogP contribution in [-0.2, 0) is 9.59 Å². The van der Waals surface area contributed by atoms with E-state index in [4.69, 9.17) is 11.5 Å². The number of pyridine rings is 6. The highest BCUT2D eigenvalue weighted by molar-refractivity contribution is 6.00. The van der Waals surface area contributed by atoms with E-state index in [1.165, 1.54) is 0 Å². The predicted octanol–water partition coefficient (Wildman–Crippen LogP) is 5.04. The minimum atomic E-state index is 0.0564. The second kappa shape index (κ2) is 13.9. The number of nitrogens with two attached hydrogens (primary N) is 2. The maximum atomic E-state index is 12.6. The van der Waals surface area contributed by atoms with Crippen molar-refractivity contribution in [3.8, 4) is 22.5 Å². The Balaban J connectivity index is 0.000000146. The first-order chi connectivity index (χ1) is 27.1. The van der Waals surface area contributed by atoms with Crippen LogP contribution in [0.3, 0.4) is 0 Å². The lowest BCUT2D eigenvalue weighted by molar-refractivity contribution is -0.118. The summed E-state index contributed by atoms with van der Waals surface area (Å²) < 4.78 is 0. The highest BCUT2D eigenvalue weighted by atomic mass is 16.2. The molecule has 2 amide bonds. The number of rotatable bonds is 6. The van der Waals surface area contributed by atoms with Crippen LogP contribution >= 0.6 is 0 Å². The molecule has 6 aromatic rings. The summed E-state index contributed by atoms with van der Waals surface area (Å²) in [6.45, 7) is 7.90. The molecule has 4 aliphatic rings. The van der Waals surface area contributed by atoms with Gasteiger partial charge in [0.05, 0.1) is 11.4 Å². The number of aromatic nitrogens is 6. The summed E-state index contributed by atoms with van der Waals surface area (Å²) in [5, 5.41) is 16.0. The van der Waals surface area contributed by atoms with Gasteiger partial charge in [0.2, 0.25) is 11.8 Å². The molecule has 4 atom stereocenters. The van der Waals surface area contributed by atoms with Crippen LogP contribution in [0.2, 0.25) is 0 Å². The van der Waals surface area contributed by atoms with Gasteiger partial charge < -0.3 is 32.7 Å². The summed E-state index contributed by atoms with van der Waals surface area (Å²) in [5.41, 5.74) is 18.2. The molecule has 2 saturated heterocycles. The van der Waals surface area contributed by atoms with Gasteiger partial charge in [-0.05, 0) is 122 Å². The van der Waals surface area contributed by atoms with Crippen molar-refractivity contribution in [2.45, 2.75) is 39.5 Å². The molecule has 284 valence electrons. The van der Waals surface area contributed by atoms with Gasteiger partial charge in [-0.15, -0.1) is 0 Å². The van der Waals surface area contributed by atoms with E-state index in [0.717, 1.165) is 107 Å². The molecule has 2 aliphatic carbocycles. The zero-order chi connectivity index (χ0) is 38.6. The highest BCUT2D eigenvalue weighted by Crippen LogP contribution is 2.57. The quantitative estimate of drug-likeness (QED) is 0.132. The number of aryl methyl sites for hydroxylation is 2. The summed E-state index contributed by atoms with van der Waals surface area (Å²) >= 11 is 0. The van der Waals surface area contributed by atoms with Gasteiger partial charge >= 0.3 is 0 Å². The second-order valence-corrected chi connectivity index (χ2v) is 15.8. The SMILES string of the molecule is Cc1ccncc1-c1cc2cc(NC(=O)[C@@H]3C[C@]34CCNC4)ncc2c(N)n1.Cc1ccncc1-c1cc2cc(NC(=O)[C@H]3C[C@@]34CCNC4)ncc2c(N)n1. The molecule has 2 spiro atoms. The Hall–Kier alpha value is -6.12. The number of hydrogen-bond donors (Lipinski definition) is 6. The van der Waals surface area contributed by atoms with Crippen molar-refractivity contribution in [3.63, 3.8) is 0 Å². The number of fused-ring (bicyclic) bond motifs is 2. The number of anilines is 4. The molecule has 0 radical (unpaired) electrons. The maximum Gasteiger partial charge on any atom is 0.229 e. The van der Waals surface area contributed by atoms with Gasteiger partial charge in [-0.2, -0.15) is 0 Å². The molecule has 0 bridgehead atoms. The third-order valence-electron chi connectivity index (χ3n) is 12.2. The molecule has 6 aromatic heterocycles. The smallest absolute Gasteiger partial charge is 0.229 e. The summed E-state index contributed by atoms with van der Waals surface area (Å²) in [6, 6.07) is 11.5. The van der Waals surface area contributed by atoms with Gasteiger partial charge in [-0.25, -0.2) is 19.9 Å². The van der Waals surface area contributed by atoms with Crippen LogP contribution in [0, 0.1) is 36.5 Å². The summed E-state index contributed by atoms with van der Waals surface area (Å²) in [6.07, 6.45) is 14.5. The fourth-order valence-electron chi connectivity index (χ4n) is 8.56. The molecule has 2 saturated carbocycles. The minimum Gasteiger partial charge on any atom is -0.383 e. The predicted molar refractivity (Wildman–Crippen MR) is 217 cm³/mol. The van der Waals surface area contributed by atoms with Crippen LogP contribution in [0.4, 0.5) is 23.3 Å². The van der Waals surface area contributed by atoms with E-state index in [0.29, 0.717) is 23.3 Å². The zero-order valence-electron chi connectivity index (χ0n) is 31.4. The van der Waals surface area contributed by atoms with Crippen molar-refractivity contribution < 1.29 is 9.59 Å². The molecular weight excluding hydrogens is 705 g/mol. The fourth-order valence-corrected chi connectivity index (χ4v) is 8.56. The van der Waals surface area contributed by atoms with E-state index in [1.807, 2.05) is 50.2 Å². The summed E-state index contributed by atoms with van der Waals surface area (Å²) in [5.74, 6) is 2.20. The first-order valence-corrected chi connectivity index (χ1v) is 19.1. The summed E-state index contributed by atoms with van der Waals surface area (Å²) in [4.78, 5) is 51.5. The number of nitrogen functional groups attached to an aromatic ring is 2. The van der Waals surface area contributed by atoms with Crippen LogP contribution < -0.4 is 32.7 Å². The molecule has 4 fully saturated rings. The number of carbonyl (C=O) groups excluding carboxylic acids is 2. The largest absolute Gasteiger partial charge is 0.383 e. The van der Waals surface area contributed by atoms with Gasteiger partial charge in [-0.1, -0.05) is 0 Å². The Morgan fingerprint density at radius 1 is 0.679 bits per heavy atom. The Morgan fingerprint density at radius 3 is 1.52 bits per heavy atom. The van der Waals surface area contributed by atoms with Crippen molar-refractivity contribution in [1.29, 1.82) is 0 Å². The van der Waals surface area contributed by atoms with Crippen LogP contribution in [0.15, 0.2) is 73.6 Å². The van der Waals surface area contributed by atoms with E-state index in [9.17, 15) is 9.59 Å². The second-order valence-electron chi connectivity index (χ2n) is 15.8. The van der Waals surface area contributed by atoms with Crippen molar-refractivity contribution in [2.24, 2.45) is 22.7 Å². The van der Waals surface area contributed by atoms with E-state index in [1.54, 1.807) is 37.2 Å². The molecule has 14 nitrogen and oxygen atoms in total. The maximum absolute atomic E-state index is 12.6. The van der Waals surface area contributed by atoms with Crippen molar-refractivity contribution >= 4 is 56.6 Å². The molecule has 0 aromatic carbocycles. The first-order valence-electron chi connectivity index (χ1n) is 19.1. The number of nitrogens with zero attached hydrogens (tertiary/aromatic N) is 6. The lowest BCUT2D eigenvalue weighted by Gasteiger charge is -2.11. The Bertz CT molecular complexity index is 2350. The van der Waals surface area contributed by atoms with Gasteiger partial charge in [0.25, 0.3) is 0 Å². The molecule has 0 unspecified atom stereocenters. The number of nitrogens with one attached hydrogen (secondary N) is 4. The summed E-state index contributed by atoms with van der Waals surface area (Å²) in [7, 11) is 0. The molecule has 8 heterocycles. The molecule has 2 aliphatic heterocycles. The minimum absolute atomic E-state index is 0.0564. The fraction of sp³-hybridized carbons (Fsp3) is 0.333. The number of hydrogen-bond acceptors (Lipinski definition) is 12. The van der Waals surface area contributed by atoms with Crippen LogP contribution in [0.25, 0.3) is 44.1 Å². The molecule has 14 heteroatoms. The molecule has 56 heavy (non-hydrogen) atoms. The first kappa shape index (κ1) is 35.6. The van der Waals surface area contributed by atoms with Crippen LogP contribution in [0.1, 0.15) is 36.8 Å². The monoisotopic (exact) mass is 748 g/mol. The van der Waals surface area contributed by atoms with Gasteiger partial charge in [0.1, 0.15) is 23.3 Å². The van der Waals surface area contributed by atoms with Crippen LogP contribution in [0.5, 0.6) is 0 Å². The standard InChI is InChI=1S/2C21H22N6O/c2*1-12-2-4-23-9-14(12)17-6-13-7-18(25-10-15(13)19(22)26-17)27-20(28)16-8-21(16)3-5-24-11-21/h2*2,4,6-7,9-10,16,24H,3,5,8,11H2,1H3,(H2,22,26)(H,25,27,28)/t2*16-,21-/m10/s1. The zero-order valence-corrected chi connectivity index (χ0v) is 31.4. The van der Waals surface area contributed by atoms with E-state index in [2.05, 4.69) is 51.2 Å². The Kier molecular flexibility index (Phi) is 8.81. The average Bonchev–Trinajstić information content (AvgIpc) is 3.92. The van der Waals surface area contributed by atoms with Crippen molar-refractivity contribution in [3.05, 3.63) is 84.7 Å². The third-order valence-corrected chi connectivity index (χ3v) is 12.2.